The third kappa shape index (κ3) is 4.11. The summed E-state index contributed by atoms with van der Waals surface area (Å²) >= 11 is 3.58. The van der Waals surface area contributed by atoms with E-state index in [-0.39, 0.29) is 0 Å². The normalized spacial score (nSPS) is 13.3. The van der Waals surface area contributed by atoms with Crippen LogP contribution in [-0.4, -0.2) is 22.4 Å². The second kappa shape index (κ2) is 7.17. The molecule has 1 atom stereocenters. The van der Waals surface area contributed by atoms with Gasteiger partial charge in [-0.25, -0.2) is 0 Å². The minimum Gasteiger partial charge on any atom is -0.314 e. The molecular formula is C13H24BrN3. The van der Waals surface area contributed by atoms with E-state index in [4.69, 9.17) is 0 Å². The summed E-state index contributed by atoms with van der Waals surface area (Å²) in [6.45, 7) is 10.8. The zero-order chi connectivity index (χ0) is 12.8. The van der Waals surface area contributed by atoms with Crippen molar-refractivity contribution in [1.29, 1.82) is 0 Å². The second-order valence-electron chi connectivity index (χ2n) is 4.70. The van der Waals surface area contributed by atoms with Gasteiger partial charge in [-0.2, -0.15) is 5.10 Å². The number of hydrogen-bond donors (Lipinski definition) is 1. The van der Waals surface area contributed by atoms with Crippen molar-refractivity contribution < 1.29 is 0 Å². The van der Waals surface area contributed by atoms with Gasteiger partial charge in [0.25, 0.3) is 0 Å². The highest BCUT2D eigenvalue weighted by molar-refractivity contribution is 9.10. The first-order valence-corrected chi connectivity index (χ1v) is 7.32. The standard InChI is InChI=1S/C13H24BrN3/c1-5-15-12(10(3)4)7-8-13-11(14)9-16-17(13)6-2/h9-10,12,15H,5-8H2,1-4H3. The molecule has 1 unspecified atom stereocenters. The number of aromatic nitrogens is 2. The lowest BCUT2D eigenvalue weighted by molar-refractivity contribution is 0.381. The number of nitrogens with zero attached hydrogens (tertiary/aromatic N) is 2. The molecule has 0 bridgehead atoms. The summed E-state index contributed by atoms with van der Waals surface area (Å²) in [4.78, 5) is 0. The molecule has 0 radical (unpaired) electrons. The smallest absolute Gasteiger partial charge is 0.0635 e. The molecule has 0 amide bonds. The summed E-state index contributed by atoms with van der Waals surface area (Å²) in [5.41, 5.74) is 1.32. The Hall–Kier alpha value is -0.350. The van der Waals surface area contributed by atoms with Gasteiger partial charge in [-0.05, 0) is 48.2 Å². The molecular weight excluding hydrogens is 278 g/mol. The minimum atomic E-state index is 0.590. The zero-order valence-corrected chi connectivity index (χ0v) is 12.9. The Morgan fingerprint density at radius 2 is 2.12 bits per heavy atom. The number of aryl methyl sites for hydroxylation is 1. The third-order valence-electron chi connectivity index (χ3n) is 3.16. The second-order valence-corrected chi connectivity index (χ2v) is 5.56. The highest BCUT2D eigenvalue weighted by Gasteiger charge is 2.14. The van der Waals surface area contributed by atoms with Gasteiger partial charge >= 0.3 is 0 Å². The fraction of sp³-hybridized carbons (Fsp3) is 0.769. The highest BCUT2D eigenvalue weighted by atomic mass is 79.9. The van der Waals surface area contributed by atoms with Crippen LogP contribution in [0.3, 0.4) is 0 Å². The van der Waals surface area contributed by atoms with Crippen molar-refractivity contribution in [2.24, 2.45) is 5.92 Å². The van der Waals surface area contributed by atoms with Crippen LogP contribution in [0.2, 0.25) is 0 Å². The third-order valence-corrected chi connectivity index (χ3v) is 3.82. The summed E-state index contributed by atoms with van der Waals surface area (Å²) in [7, 11) is 0. The van der Waals surface area contributed by atoms with Crippen molar-refractivity contribution in [2.75, 3.05) is 6.54 Å². The van der Waals surface area contributed by atoms with Crippen LogP contribution in [0.5, 0.6) is 0 Å². The molecule has 0 aliphatic carbocycles. The van der Waals surface area contributed by atoms with Gasteiger partial charge in [0.15, 0.2) is 0 Å². The first kappa shape index (κ1) is 14.7. The predicted octanol–water partition coefficient (Wildman–Crippen LogP) is 3.23. The molecule has 0 saturated carbocycles. The molecule has 17 heavy (non-hydrogen) atoms. The largest absolute Gasteiger partial charge is 0.314 e. The van der Waals surface area contributed by atoms with E-state index in [1.165, 1.54) is 5.69 Å². The van der Waals surface area contributed by atoms with E-state index in [0.717, 1.165) is 30.4 Å². The Labute approximate surface area is 113 Å². The summed E-state index contributed by atoms with van der Waals surface area (Å²) in [5, 5.41) is 7.91. The van der Waals surface area contributed by atoms with E-state index in [2.05, 4.69) is 58.7 Å². The quantitative estimate of drug-likeness (QED) is 0.838. The van der Waals surface area contributed by atoms with Crippen molar-refractivity contribution in [2.45, 2.75) is 53.1 Å². The SMILES string of the molecule is CCNC(CCc1c(Br)cnn1CC)C(C)C. The molecule has 0 aliphatic rings. The van der Waals surface area contributed by atoms with Crippen LogP contribution in [0, 0.1) is 5.92 Å². The van der Waals surface area contributed by atoms with Crippen molar-refractivity contribution in [3.63, 3.8) is 0 Å². The molecule has 1 aromatic heterocycles. The van der Waals surface area contributed by atoms with Crippen LogP contribution in [0.15, 0.2) is 10.7 Å². The fourth-order valence-corrected chi connectivity index (χ4v) is 2.63. The van der Waals surface area contributed by atoms with E-state index in [0.29, 0.717) is 12.0 Å². The van der Waals surface area contributed by atoms with Crippen LogP contribution < -0.4 is 5.32 Å². The zero-order valence-electron chi connectivity index (χ0n) is 11.3. The maximum atomic E-state index is 4.35. The Kier molecular flexibility index (Phi) is 6.20. The lowest BCUT2D eigenvalue weighted by atomic mass is 9.98. The van der Waals surface area contributed by atoms with Crippen molar-refractivity contribution >= 4 is 15.9 Å². The molecule has 1 aromatic rings. The monoisotopic (exact) mass is 301 g/mol. The van der Waals surface area contributed by atoms with Crippen LogP contribution in [0.1, 0.15) is 39.8 Å². The van der Waals surface area contributed by atoms with Gasteiger partial charge < -0.3 is 5.32 Å². The average Bonchev–Trinajstić information content (AvgIpc) is 2.65. The maximum Gasteiger partial charge on any atom is 0.0635 e. The summed E-state index contributed by atoms with van der Waals surface area (Å²) in [6.07, 6.45) is 4.14. The molecule has 0 fully saturated rings. The van der Waals surface area contributed by atoms with E-state index in [1.54, 1.807) is 0 Å². The van der Waals surface area contributed by atoms with Gasteiger partial charge in [-0.1, -0.05) is 20.8 Å². The minimum absolute atomic E-state index is 0.590. The predicted molar refractivity (Wildman–Crippen MR) is 76.2 cm³/mol. The molecule has 1 rings (SSSR count). The Morgan fingerprint density at radius 3 is 2.65 bits per heavy atom. The molecule has 98 valence electrons. The van der Waals surface area contributed by atoms with Crippen LogP contribution in [0.4, 0.5) is 0 Å². The van der Waals surface area contributed by atoms with Gasteiger partial charge in [0, 0.05) is 12.6 Å². The molecule has 0 aromatic carbocycles. The van der Waals surface area contributed by atoms with Crippen LogP contribution >= 0.6 is 15.9 Å². The first-order chi connectivity index (χ1) is 8.10. The van der Waals surface area contributed by atoms with Gasteiger partial charge in [0.2, 0.25) is 0 Å². The van der Waals surface area contributed by atoms with Gasteiger partial charge in [-0.15, -0.1) is 0 Å². The molecule has 4 heteroatoms. The lowest BCUT2D eigenvalue weighted by Crippen LogP contribution is -2.34. The van der Waals surface area contributed by atoms with Crippen LogP contribution in [-0.2, 0) is 13.0 Å². The van der Waals surface area contributed by atoms with Gasteiger partial charge in [-0.3, -0.25) is 4.68 Å². The lowest BCUT2D eigenvalue weighted by Gasteiger charge is -2.21. The first-order valence-electron chi connectivity index (χ1n) is 6.53. The molecule has 0 aliphatic heterocycles. The van der Waals surface area contributed by atoms with Crippen LogP contribution in [0.25, 0.3) is 0 Å². The summed E-state index contributed by atoms with van der Waals surface area (Å²) < 4.78 is 3.21. The van der Waals surface area contributed by atoms with Crippen molar-refractivity contribution in [3.8, 4) is 0 Å². The maximum absolute atomic E-state index is 4.35. The molecule has 0 spiro atoms. The number of halogens is 1. The number of nitrogens with one attached hydrogen (secondary N) is 1. The van der Waals surface area contributed by atoms with E-state index >= 15 is 0 Å². The Bertz CT molecular complexity index is 333. The van der Waals surface area contributed by atoms with Gasteiger partial charge in [0.1, 0.15) is 0 Å². The molecule has 1 N–H and O–H groups in total. The Morgan fingerprint density at radius 1 is 1.41 bits per heavy atom. The summed E-state index contributed by atoms with van der Waals surface area (Å²) in [6, 6.07) is 0.590. The van der Waals surface area contributed by atoms with Crippen molar-refractivity contribution in [3.05, 3.63) is 16.4 Å². The molecule has 3 nitrogen and oxygen atoms in total. The van der Waals surface area contributed by atoms with E-state index < -0.39 is 0 Å². The fourth-order valence-electron chi connectivity index (χ4n) is 2.13. The van der Waals surface area contributed by atoms with E-state index in [1.807, 2.05) is 6.20 Å². The Balaban J connectivity index is 2.61. The molecule has 1 heterocycles. The van der Waals surface area contributed by atoms with Gasteiger partial charge in [0.05, 0.1) is 16.4 Å². The molecule has 0 saturated heterocycles. The number of rotatable bonds is 7. The summed E-state index contributed by atoms with van der Waals surface area (Å²) in [5.74, 6) is 0.673. The average molecular weight is 302 g/mol. The topological polar surface area (TPSA) is 29.9 Å². The highest BCUT2D eigenvalue weighted by Crippen LogP contribution is 2.19. The number of hydrogen-bond acceptors (Lipinski definition) is 2. The van der Waals surface area contributed by atoms with Crippen molar-refractivity contribution in [1.82, 2.24) is 15.1 Å². The van der Waals surface area contributed by atoms with E-state index in [9.17, 15) is 0 Å².